The van der Waals surface area contributed by atoms with Crippen molar-refractivity contribution in [3.8, 4) is 0 Å². The minimum Gasteiger partial charge on any atom is -0.454 e. The number of imide groups is 1. The maximum absolute atomic E-state index is 12.8. The number of sulfonamides is 1. The Morgan fingerprint density at radius 3 is 2.17 bits per heavy atom. The van der Waals surface area contributed by atoms with E-state index in [9.17, 15) is 22.8 Å². The van der Waals surface area contributed by atoms with Crippen molar-refractivity contribution in [2.24, 2.45) is 0 Å². The third-order valence-electron chi connectivity index (χ3n) is 4.76. The predicted molar refractivity (Wildman–Crippen MR) is 106 cm³/mol. The van der Waals surface area contributed by atoms with Gasteiger partial charge in [-0.3, -0.25) is 14.9 Å². The Bertz CT molecular complexity index is 912. The summed E-state index contributed by atoms with van der Waals surface area (Å²) in [5.74, 6) is -1.72. The lowest BCUT2D eigenvalue weighted by Gasteiger charge is -2.18. The molecule has 0 saturated heterocycles. The number of carbonyl (C=O) groups is 3. The maximum atomic E-state index is 12.8. The van der Waals surface area contributed by atoms with E-state index in [2.05, 4.69) is 10.0 Å². The molecule has 160 valence electrons. The Morgan fingerprint density at radius 2 is 1.66 bits per heavy atom. The van der Waals surface area contributed by atoms with Crippen LogP contribution in [0.4, 0.5) is 4.79 Å². The van der Waals surface area contributed by atoms with Gasteiger partial charge in [0.25, 0.3) is 5.91 Å². The lowest BCUT2D eigenvalue weighted by Crippen LogP contribution is -2.44. The fourth-order valence-electron chi connectivity index (χ4n) is 2.80. The number of benzene rings is 1. The minimum atomic E-state index is -3.99. The molecule has 0 unspecified atom stereocenters. The minimum absolute atomic E-state index is 0.0805. The van der Waals surface area contributed by atoms with E-state index in [1.807, 2.05) is 25.2 Å². The van der Waals surface area contributed by atoms with Crippen molar-refractivity contribution in [1.29, 1.82) is 0 Å². The number of ether oxygens (including phenoxy) is 1. The van der Waals surface area contributed by atoms with Crippen molar-refractivity contribution in [2.45, 2.75) is 64.4 Å². The summed E-state index contributed by atoms with van der Waals surface area (Å²) in [6.07, 6.45) is 1.74. The summed E-state index contributed by atoms with van der Waals surface area (Å²) >= 11 is 0. The van der Waals surface area contributed by atoms with Crippen molar-refractivity contribution < 1.29 is 27.5 Å². The SMILES string of the molecule is Cc1cc(C)c(C)c(S(=O)(=O)N[C@@H](C)C(=O)OCC(=O)NC(=O)NC2CC2)c1C. The monoisotopic (exact) mass is 425 g/mol. The third kappa shape index (κ3) is 6.01. The Morgan fingerprint density at radius 1 is 1.10 bits per heavy atom. The molecule has 29 heavy (non-hydrogen) atoms. The molecule has 0 bridgehead atoms. The van der Waals surface area contributed by atoms with Crippen molar-refractivity contribution in [3.05, 3.63) is 28.3 Å². The summed E-state index contributed by atoms with van der Waals surface area (Å²) in [6.45, 7) is 7.68. The molecule has 1 atom stereocenters. The molecular weight excluding hydrogens is 398 g/mol. The molecule has 1 aromatic rings. The van der Waals surface area contributed by atoms with Gasteiger partial charge in [-0.05, 0) is 69.7 Å². The van der Waals surface area contributed by atoms with E-state index in [1.165, 1.54) is 6.92 Å². The third-order valence-corrected chi connectivity index (χ3v) is 6.58. The number of nitrogens with one attached hydrogen (secondary N) is 3. The zero-order valence-electron chi connectivity index (χ0n) is 17.2. The van der Waals surface area contributed by atoms with Crippen LogP contribution in [-0.4, -0.2) is 45.0 Å². The largest absolute Gasteiger partial charge is 0.454 e. The Labute approximate surface area is 170 Å². The smallest absolute Gasteiger partial charge is 0.324 e. The molecule has 10 heteroatoms. The first-order chi connectivity index (χ1) is 13.4. The molecule has 1 saturated carbocycles. The van der Waals surface area contributed by atoms with E-state index in [1.54, 1.807) is 13.8 Å². The van der Waals surface area contributed by atoms with Crippen molar-refractivity contribution in [2.75, 3.05) is 6.61 Å². The van der Waals surface area contributed by atoms with Crippen LogP contribution in [-0.2, 0) is 24.3 Å². The molecule has 3 N–H and O–H groups in total. The van der Waals surface area contributed by atoms with E-state index in [4.69, 9.17) is 4.74 Å². The van der Waals surface area contributed by atoms with Gasteiger partial charge in [-0.25, -0.2) is 13.2 Å². The van der Waals surface area contributed by atoms with Crippen LogP contribution in [0.15, 0.2) is 11.0 Å². The van der Waals surface area contributed by atoms with Crippen LogP contribution in [0.2, 0.25) is 0 Å². The number of amides is 3. The van der Waals surface area contributed by atoms with E-state index in [0.717, 1.165) is 24.0 Å². The van der Waals surface area contributed by atoms with Crippen molar-refractivity contribution >= 4 is 27.9 Å². The number of hydrogen-bond acceptors (Lipinski definition) is 6. The number of carbonyl (C=O) groups excluding carboxylic acids is 3. The van der Waals surface area contributed by atoms with E-state index in [0.29, 0.717) is 11.1 Å². The Balaban J connectivity index is 1.96. The summed E-state index contributed by atoms with van der Waals surface area (Å²) in [5.41, 5.74) is 2.85. The fraction of sp³-hybridized carbons (Fsp3) is 0.526. The Kier molecular flexibility index (Phi) is 7.02. The average molecular weight is 426 g/mol. The molecule has 1 aromatic carbocycles. The summed E-state index contributed by atoms with van der Waals surface area (Å²) in [6, 6.07) is 0.118. The van der Waals surface area contributed by atoms with Gasteiger partial charge in [0.15, 0.2) is 6.61 Å². The van der Waals surface area contributed by atoms with Crippen molar-refractivity contribution in [1.82, 2.24) is 15.4 Å². The topological polar surface area (TPSA) is 131 Å². The average Bonchev–Trinajstić information content (AvgIpc) is 3.41. The molecule has 3 amide bonds. The maximum Gasteiger partial charge on any atom is 0.324 e. The highest BCUT2D eigenvalue weighted by atomic mass is 32.2. The van der Waals surface area contributed by atoms with Crippen LogP contribution in [0.5, 0.6) is 0 Å². The molecule has 0 spiro atoms. The summed E-state index contributed by atoms with van der Waals surface area (Å²) < 4.78 is 32.8. The van der Waals surface area contributed by atoms with Crippen LogP contribution in [0.1, 0.15) is 42.0 Å². The second kappa shape index (κ2) is 8.91. The highest BCUT2D eigenvalue weighted by Crippen LogP contribution is 2.26. The first kappa shape index (κ1) is 22.8. The van der Waals surface area contributed by atoms with Gasteiger partial charge < -0.3 is 10.1 Å². The molecule has 1 aliphatic carbocycles. The number of urea groups is 1. The Hall–Kier alpha value is -2.46. The van der Waals surface area contributed by atoms with Gasteiger partial charge in [0.2, 0.25) is 10.0 Å². The van der Waals surface area contributed by atoms with Crippen LogP contribution < -0.4 is 15.4 Å². The molecule has 1 fully saturated rings. The molecule has 2 rings (SSSR count). The predicted octanol–water partition coefficient (Wildman–Crippen LogP) is 1.12. The van der Waals surface area contributed by atoms with E-state index in [-0.39, 0.29) is 10.9 Å². The second-order valence-corrected chi connectivity index (χ2v) is 8.99. The molecular formula is C19H27N3O6S. The zero-order valence-corrected chi connectivity index (χ0v) is 18.0. The fourth-order valence-corrected chi connectivity index (χ4v) is 4.60. The van der Waals surface area contributed by atoms with Crippen LogP contribution in [0.25, 0.3) is 0 Å². The molecule has 9 nitrogen and oxygen atoms in total. The van der Waals surface area contributed by atoms with Crippen LogP contribution in [0.3, 0.4) is 0 Å². The highest BCUT2D eigenvalue weighted by molar-refractivity contribution is 7.89. The molecule has 0 heterocycles. The van der Waals surface area contributed by atoms with Gasteiger partial charge in [-0.1, -0.05) is 6.07 Å². The summed E-state index contributed by atoms with van der Waals surface area (Å²) in [7, 11) is -3.99. The second-order valence-electron chi connectivity index (χ2n) is 7.34. The molecule has 1 aliphatic rings. The van der Waals surface area contributed by atoms with Gasteiger partial charge in [0.05, 0.1) is 4.90 Å². The first-order valence-electron chi connectivity index (χ1n) is 9.29. The van der Waals surface area contributed by atoms with Gasteiger partial charge in [0.1, 0.15) is 6.04 Å². The van der Waals surface area contributed by atoms with Gasteiger partial charge >= 0.3 is 12.0 Å². The standard InChI is InChI=1S/C19H27N3O6S/c1-10-8-11(2)13(4)17(12(10)3)29(26,27)22-14(5)18(24)28-9-16(23)21-19(25)20-15-6-7-15/h8,14-15,22H,6-7,9H2,1-5H3,(H2,20,21,23,25)/t14-/m0/s1. The normalized spacial score (nSPS) is 14.8. The molecule has 0 aromatic heterocycles. The quantitative estimate of drug-likeness (QED) is 0.561. The van der Waals surface area contributed by atoms with Gasteiger partial charge in [-0.15, -0.1) is 0 Å². The van der Waals surface area contributed by atoms with Crippen molar-refractivity contribution in [3.63, 3.8) is 0 Å². The molecule has 0 radical (unpaired) electrons. The number of rotatable bonds is 7. The van der Waals surface area contributed by atoms with E-state index < -0.39 is 40.6 Å². The lowest BCUT2D eigenvalue weighted by molar-refractivity contribution is -0.149. The van der Waals surface area contributed by atoms with Gasteiger partial charge in [-0.2, -0.15) is 4.72 Å². The zero-order chi connectivity index (χ0) is 21.9. The highest BCUT2D eigenvalue weighted by Gasteiger charge is 2.28. The molecule has 0 aliphatic heterocycles. The summed E-state index contributed by atoms with van der Waals surface area (Å²) in [4.78, 5) is 35.4. The van der Waals surface area contributed by atoms with E-state index >= 15 is 0 Å². The van der Waals surface area contributed by atoms with Crippen LogP contribution in [0, 0.1) is 27.7 Å². The van der Waals surface area contributed by atoms with Gasteiger partial charge in [0, 0.05) is 6.04 Å². The van der Waals surface area contributed by atoms with Crippen LogP contribution >= 0.6 is 0 Å². The number of esters is 1. The number of aryl methyl sites for hydroxylation is 2. The number of hydrogen-bond donors (Lipinski definition) is 3. The lowest BCUT2D eigenvalue weighted by atomic mass is 10.0. The first-order valence-corrected chi connectivity index (χ1v) is 10.8. The summed E-state index contributed by atoms with van der Waals surface area (Å²) in [5, 5.41) is 4.60.